The van der Waals surface area contributed by atoms with Crippen molar-refractivity contribution in [3.63, 3.8) is 0 Å². The predicted molar refractivity (Wildman–Crippen MR) is 82.3 cm³/mol. The number of carbonyl (C=O) groups excluding carboxylic acids is 1. The summed E-state index contributed by atoms with van der Waals surface area (Å²) < 4.78 is 13.1. The van der Waals surface area contributed by atoms with Gasteiger partial charge in [-0.2, -0.15) is 0 Å². The van der Waals surface area contributed by atoms with Gasteiger partial charge in [0.25, 0.3) is 5.91 Å². The molecule has 0 aliphatic heterocycles. The summed E-state index contributed by atoms with van der Waals surface area (Å²) >= 11 is 0. The van der Waals surface area contributed by atoms with Crippen molar-refractivity contribution in [3.05, 3.63) is 65.5 Å². The summed E-state index contributed by atoms with van der Waals surface area (Å²) in [5, 5.41) is 0. The Morgan fingerprint density at radius 2 is 1.90 bits per heavy atom. The molecule has 0 unspecified atom stereocenters. The zero-order chi connectivity index (χ0) is 15.2. The zero-order valence-electron chi connectivity index (χ0n) is 12.1. The van der Waals surface area contributed by atoms with E-state index in [0.717, 1.165) is 12.0 Å². The van der Waals surface area contributed by atoms with Gasteiger partial charge in [-0.05, 0) is 30.2 Å². The summed E-state index contributed by atoms with van der Waals surface area (Å²) in [6, 6.07) is 13.7. The minimum atomic E-state index is -0.436. The quantitative estimate of drug-likeness (QED) is 0.856. The van der Waals surface area contributed by atoms with Crippen LogP contribution >= 0.6 is 0 Å². The van der Waals surface area contributed by atoms with Crippen LogP contribution < -0.4 is 5.73 Å². The van der Waals surface area contributed by atoms with Crippen LogP contribution in [0.5, 0.6) is 0 Å². The lowest BCUT2D eigenvalue weighted by molar-refractivity contribution is 0.0744. The van der Waals surface area contributed by atoms with Crippen molar-refractivity contribution in [2.45, 2.75) is 19.9 Å². The van der Waals surface area contributed by atoms with Crippen molar-refractivity contribution in [1.82, 2.24) is 4.90 Å². The van der Waals surface area contributed by atoms with Gasteiger partial charge in [0.1, 0.15) is 5.82 Å². The minimum Gasteiger partial charge on any atom is -0.398 e. The van der Waals surface area contributed by atoms with Gasteiger partial charge in [0.05, 0.1) is 5.56 Å². The number of carbonyl (C=O) groups is 1. The second-order valence-electron chi connectivity index (χ2n) is 4.94. The molecule has 0 aliphatic rings. The fourth-order valence-electron chi connectivity index (χ4n) is 2.22. The lowest BCUT2D eigenvalue weighted by Crippen LogP contribution is -2.31. The van der Waals surface area contributed by atoms with Crippen LogP contribution in [0, 0.1) is 5.82 Å². The number of benzene rings is 2. The third-order valence-corrected chi connectivity index (χ3v) is 3.24. The van der Waals surface area contributed by atoms with Gasteiger partial charge in [-0.1, -0.05) is 37.3 Å². The van der Waals surface area contributed by atoms with E-state index in [1.807, 2.05) is 37.3 Å². The number of nitrogen functional groups attached to an aromatic ring is 1. The SMILES string of the molecule is CCCN(Cc1ccccc1)C(=O)c1ccc(F)cc1N. The van der Waals surface area contributed by atoms with Gasteiger partial charge in [-0.25, -0.2) is 4.39 Å². The molecule has 2 N–H and O–H groups in total. The number of hydrogen-bond donors (Lipinski definition) is 1. The molecule has 1 amide bonds. The van der Waals surface area contributed by atoms with Gasteiger partial charge in [-0.3, -0.25) is 4.79 Å². The number of nitrogens with two attached hydrogens (primary N) is 1. The summed E-state index contributed by atoms with van der Waals surface area (Å²) in [6.45, 7) is 3.16. The molecule has 2 aromatic carbocycles. The summed E-state index contributed by atoms with van der Waals surface area (Å²) in [5.74, 6) is -0.604. The Kier molecular flexibility index (Phi) is 4.93. The lowest BCUT2D eigenvalue weighted by atomic mass is 10.1. The normalized spacial score (nSPS) is 10.4. The van der Waals surface area contributed by atoms with Crippen molar-refractivity contribution in [1.29, 1.82) is 0 Å². The Morgan fingerprint density at radius 3 is 2.52 bits per heavy atom. The number of nitrogens with zero attached hydrogens (tertiary/aromatic N) is 1. The summed E-state index contributed by atoms with van der Waals surface area (Å²) in [5.41, 5.74) is 7.34. The van der Waals surface area contributed by atoms with Crippen molar-refractivity contribution < 1.29 is 9.18 Å². The molecule has 0 heterocycles. The Labute approximate surface area is 124 Å². The van der Waals surface area contributed by atoms with Gasteiger partial charge in [0.2, 0.25) is 0 Å². The number of anilines is 1. The van der Waals surface area contributed by atoms with Crippen molar-refractivity contribution in [2.24, 2.45) is 0 Å². The molecule has 0 spiro atoms. The summed E-state index contributed by atoms with van der Waals surface area (Å²) in [7, 11) is 0. The van der Waals surface area contributed by atoms with E-state index in [9.17, 15) is 9.18 Å². The molecular formula is C17H19FN2O. The molecule has 0 aliphatic carbocycles. The van der Waals surface area contributed by atoms with Crippen molar-refractivity contribution in [3.8, 4) is 0 Å². The lowest BCUT2D eigenvalue weighted by Gasteiger charge is -2.23. The maximum Gasteiger partial charge on any atom is 0.256 e. The van der Waals surface area contributed by atoms with E-state index in [0.29, 0.717) is 18.7 Å². The average Bonchev–Trinajstić information content (AvgIpc) is 2.47. The van der Waals surface area contributed by atoms with Crippen molar-refractivity contribution in [2.75, 3.05) is 12.3 Å². The van der Waals surface area contributed by atoms with Crippen LogP contribution in [-0.4, -0.2) is 17.4 Å². The fourth-order valence-corrected chi connectivity index (χ4v) is 2.22. The Morgan fingerprint density at radius 1 is 1.19 bits per heavy atom. The van der Waals surface area contributed by atoms with Crippen LogP contribution in [0.3, 0.4) is 0 Å². The molecule has 0 saturated heterocycles. The molecule has 110 valence electrons. The molecular weight excluding hydrogens is 267 g/mol. The number of hydrogen-bond acceptors (Lipinski definition) is 2. The summed E-state index contributed by atoms with van der Waals surface area (Å²) in [6.07, 6.45) is 0.847. The van der Waals surface area contributed by atoms with E-state index < -0.39 is 5.82 Å². The molecule has 4 heteroatoms. The number of rotatable bonds is 5. The third-order valence-electron chi connectivity index (χ3n) is 3.24. The molecule has 0 saturated carbocycles. The monoisotopic (exact) mass is 286 g/mol. The molecule has 2 aromatic rings. The van der Waals surface area contributed by atoms with Crippen LogP contribution in [0.1, 0.15) is 29.3 Å². The predicted octanol–water partition coefficient (Wildman–Crippen LogP) is 3.46. The third kappa shape index (κ3) is 3.81. The summed E-state index contributed by atoms with van der Waals surface area (Å²) in [4.78, 5) is 14.3. The highest BCUT2D eigenvalue weighted by atomic mass is 19.1. The molecule has 0 radical (unpaired) electrons. The average molecular weight is 286 g/mol. The first-order valence-electron chi connectivity index (χ1n) is 7.00. The van der Waals surface area contributed by atoms with E-state index >= 15 is 0 Å². The van der Waals surface area contributed by atoms with E-state index in [2.05, 4.69) is 0 Å². The first-order chi connectivity index (χ1) is 10.1. The zero-order valence-corrected chi connectivity index (χ0v) is 12.1. The topological polar surface area (TPSA) is 46.3 Å². The Bertz CT molecular complexity index is 613. The molecule has 2 rings (SSSR count). The molecule has 0 bridgehead atoms. The smallest absolute Gasteiger partial charge is 0.256 e. The van der Waals surface area contributed by atoms with Crippen LogP contribution in [0.25, 0.3) is 0 Å². The maximum absolute atomic E-state index is 13.1. The highest BCUT2D eigenvalue weighted by Crippen LogP contribution is 2.17. The standard InChI is InChI=1S/C17H19FN2O/c1-2-10-20(12-13-6-4-3-5-7-13)17(21)15-9-8-14(18)11-16(15)19/h3-9,11H,2,10,12,19H2,1H3. The fraction of sp³-hybridized carbons (Fsp3) is 0.235. The van der Waals surface area contributed by atoms with Crippen molar-refractivity contribution >= 4 is 11.6 Å². The Hall–Kier alpha value is -2.36. The van der Waals surface area contributed by atoms with E-state index in [1.54, 1.807) is 4.90 Å². The maximum atomic E-state index is 13.1. The van der Waals surface area contributed by atoms with Gasteiger partial charge in [-0.15, -0.1) is 0 Å². The van der Waals surface area contributed by atoms with Gasteiger partial charge in [0, 0.05) is 18.8 Å². The molecule has 0 aromatic heterocycles. The molecule has 21 heavy (non-hydrogen) atoms. The molecule has 0 fully saturated rings. The molecule has 0 atom stereocenters. The molecule has 3 nitrogen and oxygen atoms in total. The highest BCUT2D eigenvalue weighted by Gasteiger charge is 2.18. The first kappa shape index (κ1) is 15.0. The van der Waals surface area contributed by atoms with Gasteiger partial charge >= 0.3 is 0 Å². The number of amides is 1. The first-order valence-corrected chi connectivity index (χ1v) is 7.00. The van der Waals surface area contributed by atoms with E-state index in [1.165, 1.54) is 18.2 Å². The van der Waals surface area contributed by atoms with Crippen LogP contribution in [0.4, 0.5) is 10.1 Å². The van der Waals surface area contributed by atoms with E-state index in [4.69, 9.17) is 5.73 Å². The van der Waals surface area contributed by atoms with Gasteiger partial charge in [0.15, 0.2) is 0 Å². The second kappa shape index (κ2) is 6.88. The minimum absolute atomic E-state index is 0.168. The largest absolute Gasteiger partial charge is 0.398 e. The van der Waals surface area contributed by atoms with E-state index in [-0.39, 0.29) is 11.6 Å². The number of halogens is 1. The highest BCUT2D eigenvalue weighted by molar-refractivity contribution is 5.99. The van der Waals surface area contributed by atoms with Crippen LogP contribution in [-0.2, 0) is 6.54 Å². The van der Waals surface area contributed by atoms with Crippen LogP contribution in [0.2, 0.25) is 0 Å². The van der Waals surface area contributed by atoms with Gasteiger partial charge < -0.3 is 10.6 Å². The van der Waals surface area contributed by atoms with Crippen LogP contribution in [0.15, 0.2) is 48.5 Å². The second-order valence-corrected chi connectivity index (χ2v) is 4.94. The Balaban J connectivity index is 2.23.